The average molecular weight is 289 g/mol. The van der Waals surface area contributed by atoms with Crippen molar-refractivity contribution in [3.05, 3.63) is 47.8 Å². The predicted octanol–water partition coefficient (Wildman–Crippen LogP) is 3.12. The molecule has 0 spiro atoms. The zero-order chi connectivity index (χ0) is 14.8. The molecule has 0 saturated carbocycles. The predicted molar refractivity (Wildman–Crippen MR) is 78.6 cm³/mol. The van der Waals surface area contributed by atoms with Crippen molar-refractivity contribution in [3.63, 3.8) is 0 Å². The molecular weight excluding hydrogens is 269 g/mol. The number of aryl methyl sites for hydroxylation is 1. The number of imidazole rings is 1. The molecule has 0 saturated heterocycles. The zero-order valence-electron chi connectivity index (χ0n) is 12.3. The van der Waals surface area contributed by atoms with Crippen molar-refractivity contribution in [2.75, 3.05) is 6.54 Å². The van der Waals surface area contributed by atoms with Crippen molar-refractivity contribution in [2.24, 2.45) is 7.05 Å². The molecule has 1 aliphatic heterocycles. The molecule has 2 heterocycles. The first-order valence-electron chi connectivity index (χ1n) is 7.34. The van der Waals surface area contributed by atoms with Gasteiger partial charge in [0.2, 0.25) is 0 Å². The fourth-order valence-electron chi connectivity index (χ4n) is 2.81. The fourth-order valence-corrected chi connectivity index (χ4v) is 2.81. The number of aromatic nitrogens is 2. The summed E-state index contributed by atoms with van der Waals surface area (Å²) in [6, 6.07) is 4.96. The summed E-state index contributed by atoms with van der Waals surface area (Å²) in [6.07, 6.45) is 5.34. The van der Waals surface area contributed by atoms with Crippen LogP contribution in [0, 0.1) is 5.82 Å². The molecular formula is C16H20FN3O. The van der Waals surface area contributed by atoms with Gasteiger partial charge >= 0.3 is 0 Å². The molecule has 21 heavy (non-hydrogen) atoms. The van der Waals surface area contributed by atoms with Gasteiger partial charge in [-0.3, -0.25) is 0 Å². The number of hydrogen-bond donors (Lipinski definition) is 1. The number of benzene rings is 1. The summed E-state index contributed by atoms with van der Waals surface area (Å²) in [5, 5.41) is 3.53. The Morgan fingerprint density at radius 1 is 1.48 bits per heavy atom. The van der Waals surface area contributed by atoms with Crippen molar-refractivity contribution in [1.29, 1.82) is 0 Å². The van der Waals surface area contributed by atoms with Crippen LogP contribution in [0.5, 0.6) is 5.75 Å². The van der Waals surface area contributed by atoms with Crippen LogP contribution in [0.3, 0.4) is 0 Å². The van der Waals surface area contributed by atoms with E-state index in [4.69, 9.17) is 4.74 Å². The maximum Gasteiger partial charge on any atom is 0.142 e. The second-order valence-corrected chi connectivity index (χ2v) is 5.46. The highest BCUT2D eigenvalue weighted by Crippen LogP contribution is 2.40. The SMILES string of the molecule is CCCNC1CC(c2cncn2C)Oc2cc(F)ccc21. The van der Waals surface area contributed by atoms with E-state index in [0.29, 0.717) is 5.75 Å². The van der Waals surface area contributed by atoms with Crippen molar-refractivity contribution in [1.82, 2.24) is 14.9 Å². The first-order valence-corrected chi connectivity index (χ1v) is 7.34. The largest absolute Gasteiger partial charge is 0.484 e. The molecule has 1 aromatic heterocycles. The number of rotatable bonds is 4. The summed E-state index contributed by atoms with van der Waals surface area (Å²) in [5.74, 6) is 0.356. The lowest BCUT2D eigenvalue weighted by Gasteiger charge is -2.33. The first kappa shape index (κ1) is 14.1. The Morgan fingerprint density at radius 2 is 2.33 bits per heavy atom. The maximum atomic E-state index is 13.5. The van der Waals surface area contributed by atoms with Crippen LogP contribution in [-0.4, -0.2) is 16.1 Å². The van der Waals surface area contributed by atoms with Gasteiger partial charge in [-0.2, -0.15) is 0 Å². The number of nitrogens with zero attached hydrogens (tertiary/aromatic N) is 2. The highest BCUT2D eigenvalue weighted by molar-refractivity contribution is 5.39. The molecule has 1 aromatic carbocycles. The second kappa shape index (κ2) is 5.85. The molecule has 2 unspecified atom stereocenters. The molecule has 0 amide bonds. The molecule has 3 rings (SSSR count). The molecule has 0 radical (unpaired) electrons. The Balaban J connectivity index is 1.93. The van der Waals surface area contributed by atoms with Gasteiger partial charge in [0.1, 0.15) is 17.7 Å². The van der Waals surface area contributed by atoms with Crippen LogP contribution < -0.4 is 10.1 Å². The number of fused-ring (bicyclic) bond motifs is 1. The van der Waals surface area contributed by atoms with E-state index in [0.717, 1.165) is 30.6 Å². The van der Waals surface area contributed by atoms with Gasteiger partial charge in [-0.1, -0.05) is 13.0 Å². The van der Waals surface area contributed by atoms with Crippen LogP contribution in [0.2, 0.25) is 0 Å². The Bertz CT molecular complexity index is 626. The quantitative estimate of drug-likeness (QED) is 0.940. The van der Waals surface area contributed by atoms with Gasteiger partial charge < -0.3 is 14.6 Å². The van der Waals surface area contributed by atoms with Crippen LogP contribution in [0.25, 0.3) is 0 Å². The number of halogens is 1. The van der Waals surface area contributed by atoms with E-state index in [1.54, 1.807) is 6.33 Å². The van der Waals surface area contributed by atoms with Gasteiger partial charge in [0.15, 0.2) is 0 Å². The van der Waals surface area contributed by atoms with Gasteiger partial charge in [0, 0.05) is 31.1 Å². The van der Waals surface area contributed by atoms with Gasteiger partial charge in [0.05, 0.1) is 18.2 Å². The fraction of sp³-hybridized carbons (Fsp3) is 0.438. The lowest BCUT2D eigenvalue weighted by molar-refractivity contribution is 0.144. The third-order valence-electron chi connectivity index (χ3n) is 3.89. The Hall–Kier alpha value is -1.88. The monoisotopic (exact) mass is 289 g/mol. The topological polar surface area (TPSA) is 39.1 Å². The summed E-state index contributed by atoms with van der Waals surface area (Å²) >= 11 is 0. The van der Waals surface area contributed by atoms with Gasteiger partial charge in [-0.15, -0.1) is 0 Å². The van der Waals surface area contributed by atoms with Crippen LogP contribution in [-0.2, 0) is 7.05 Å². The minimum Gasteiger partial charge on any atom is -0.484 e. The minimum absolute atomic E-state index is 0.110. The molecule has 2 aromatic rings. The third-order valence-corrected chi connectivity index (χ3v) is 3.89. The normalized spacial score (nSPS) is 20.9. The molecule has 1 aliphatic rings. The summed E-state index contributed by atoms with van der Waals surface area (Å²) in [7, 11) is 1.95. The van der Waals surface area contributed by atoms with E-state index in [1.165, 1.54) is 12.1 Å². The molecule has 112 valence electrons. The molecule has 1 N–H and O–H groups in total. The smallest absolute Gasteiger partial charge is 0.142 e. The van der Waals surface area contributed by atoms with Crippen molar-refractivity contribution < 1.29 is 9.13 Å². The Kier molecular flexibility index (Phi) is 3.92. The van der Waals surface area contributed by atoms with E-state index in [2.05, 4.69) is 17.2 Å². The second-order valence-electron chi connectivity index (χ2n) is 5.46. The van der Waals surface area contributed by atoms with Crippen LogP contribution in [0.1, 0.15) is 43.2 Å². The molecule has 0 fully saturated rings. The van der Waals surface area contributed by atoms with Crippen molar-refractivity contribution in [2.45, 2.75) is 31.9 Å². The lowest BCUT2D eigenvalue weighted by atomic mass is 9.95. The highest BCUT2D eigenvalue weighted by atomic mass is 19.1. The summed E-state index contributed by atoms with van der Waals surface area (Å²) in [5.41, 5.74) is 2.04. The minimum atomic E-state index is -0.270. The van der Waals surface area contributed by atoms with Crippen LogP contribution in [0.4, 0.5) is 4.39 Å². The third kappa shape index (κ3) is 2.78. The van der Waals surface area contributed by atoms with E-state index < -0.39 is 0 Å². The average Bonchev–Trinajstić information content (AvgIpc) is 2.90. The van der Waals surface area contributed by atoms with E-state index >= 15 is 0 Å². The van der Waals surface area contributed by atoms with Crippen LogP contribution >= 0.6 is 0 Å². The zero-order valence-corrected chi connectivity index (χ0v) is 12.3. The first-order chi connectivity index (χ1) is 10.2. The highest BCUT2D eigenvalue weighted by Gasteiger charge is 2.30. The van der Waals surface area contributed by atoms with Crippen LogP contribution in [0.15, 0.2) is 30.7 Å². The maximum absolute atomic E-state index is 13.5. The number of nitrogens with one attached hydrogen (secondary N) is 1. The molecule has 0 aliphatic carbocycles. The van der Waals surface area contributed by atoms with Crippen molar-refractivity contribution in [3.8, 4) is 5.75 Å². The van der Waals surface area contributed by atoms with E-state index in [-0.39, 0.29) is 18.0 Å². The number of ether oxygens (including phenoxy) is 1. The molecule has 4 nitrogen and oxygen atoms in total. The lowest BCUT2D eigenvalue weighted by Crippen LogP contribution is -2.30. The standard InChI is InChI=1S/C16H20FN3O/c1-3-6-19-13-8-16(14-9-18-10-20(14)2)21-15-7-11(17)4-5-12(13)15/h4-5,7,9-10,13,16,19H,3,6,8H2,1-2H3. The molecule has 0 bridgehead atoms. The number of hydrogen-bond acceptors (Lipinski definition) is 3. The summed E-state index contributed by atoms with van der Waals surface area (Å²) < 4.78 is 21.5. The molecule has 5 heteroatoms. The van der Waals surface area contributed by atoms with Gasteiger partial charge in [-0.25, -0.2) is 9.37 Å². The van der Waals surface area contributed by atoms with Crippen molar-refractivity contribution >= 4 is 0 Å². The Labute approximate surface area is 124 Å². The Morgan fingerprint density at radius 3 is 3.05 bits per heavy atom. The van der Waals surface area contributed by atoms with Gasteiger partial charge in [0.25, 0.3) is 0 Å². The summed E-state index contributed by atoms with van der Waals surface area (Å²) in [6.45, 7) is 3.07. The summed E-state index contributed by atoms with van der Waals surface area (Å²) in [4.78, 5) is 4.15. The van der Waals surface area contributed by atoms with Gasteiger partial charge in [-0.05, 0) is 19.0 Å². The van der Waals surface area contributed by atoms with E-state index in [9.17, 15) is 4.39 Å². The van der Waals surface area contributed by atoms with E-state index in [1.807, 2.05) is 23.9 Å². The molecule has 2 atom stereocenters.